The molecule has 2 rings (SSSR count). The molecule has 0 saturated carbocycles. The van der Waals surface area contributed by atoms with Crippen molar-refractivity contribution in [2.24, 2.45) is 11.7 Å². The lowest BCUT2D eigenvalue weighted by molar-refractivity contribution is -0.150. The van der Waals surface area contributed by atoms with Gasteiger partial charge >= 0.3 is 0 Å². The number of phenolic OH excluding ortho intramolecular Hbond substituents is 1. The van der Waals surface area contributed by atoms with Crippen molar-refractivity contribution < 1.29 is 14.6 Å². The smallest absolute Gasteiger partial charge is 0.195 e. The summed E-state index contributed by atoms with van der Waals surface area (Å²) in [5.41, 5.74) is 7.76. The maximum atomic E-state index is 10.2. The van der Waals surface area contributed by atoms with E-state index in [2.05, 4.69) is 13.8 Å². The van der Waals surface area contributed by atoms with E-state index in [1.165, 1.54) is 0 Å². The largest absolute Gasteiger partial charge is 0.507 e. The van der Waals surface area contributed by atoms with Crippen LogP contribution >= 0.6 is 0 Å². The van der Waals surface area contributed by atoms with Gasteiger partial charge in [-0.1, -0.05) is 19.9 Å². The van der Waals surface area contributed by atoms with E-state index in [-0.39, 0.29) is 11.8 Å². The molecule has 0 aromatic heterocycles. The molecular formula is C15H23NO3. The number of benzene rings is 1. The van der Waals surface area contributed by atoms with Crippen molar-refractivity contribution in [3.8, 4) is 5.75 Å². The van der Waals surface area contributed by atoms with Gasteiger partial charge in [0.25, 0.3) is 0 Å². The molecule has 4 nitrogen and oxygen atoms in total. The van der Waals surface area contributed by atoms with E-state index in [9.17, 15) is 5.11 Å². The molecule has 0 aliphatic carbocycles. The van der Waals surface area contributed by atoms with E-state index in [1.54, 1.807) is 6.07 Å². The summed E-state index contributed by atoms with van der Waals surface area (Å²) >= 11 is 0. The summed E-state index contributed by atoms with van der Waals surface area (Å²) in [5.74, 6) is -0.207. The van der Waals surface area contributed by atoms with Crippen LogP contribution in [0.4, 0.5) is 0 Å². The molecule has 1 atom stereocenters. The first-order chi connectivity index (χ1) is 8.92. The van der Waals surface area contributed by atoms with E-state index < -0.39 is 5.79 Å². The van der Waals surface area contributed by atoms with Crippen molar-refractivity contribution in [1.29, 1.82) is 0 Å². The third kappa shape index (κ3) is 3.08. The van der Waals surface area contributed by atoms with Gasteiger partial charge in [-0.25, -0.2) is 0 Å². The molecule has 19 heavy (non-hydrogen) atoms. The lowest BCUT2D eigenvalue weighted by Crippen LogP contribution is -2.28. The highest BCUT2D eigenvalue weighted by Crippen LogP contribution is 2.36. The monoisotopic (exact) mass is 265 g/mol. The zero-order chi connectivity index (χ0) is 14.0. The van der Waals surface area contributed by atoms with Crippen LogP contribution in [0.15, 0.2) is 18.2 Å². The number of aromatic hydroxyl groups is 1. The fourth-order valence-electron chi connectivity index (χ4n) is 2.27. The quantitative estimate of drug-likeness (QED) is 0.875. The normalized spacial score (nSPS) is 19.8. The van der Waals surface area contributed by atoms with Gasteiger partial charge in [-0.15, -0.1) is 0 Å². The number of rotatable bonds is 4. The van der Waals surface area contributed by atoms with Crippen molar-refractivity contribution in [1.82, 2.24) is 0 Å². The van der Waals surface area contributed by atoms with Gasteiger partial charge < -0.3 is 20.3 Å². The van der Waals surface area contributed by atoms with Crippen molar-refractivity contribution in [2.75, 3.05) is 13.2 Å². The van der Waals surface area contributed by atoms with E-state index in [4.69, 9.17) is 15.2 Å². The summed E-state index contributed by atoms with van der Waals surface area (Å²) in [6.07, 6.45) is 0.754. The highest BCUT2D eigenvalue weighted by molar-refractivity contribution is 5.39. The number of nitrogens with two attached hydrogens (primary N) is 1. The van der Waals surface area contributed by atoms with Crippen LogP contribution in [0.3, 0.4) is 0 Å². The molecular weight excluding hydrogens is 242 g/mol. The highest BCUT2D eigenvalue weighted by Gasteiger charge is 2.35. The Morgan fingerprint density at radius 1 is 1.32 bits per heavy atom. The molecule has 1 aliphatic heterocycles. The van der Waals surface area contributed by atoms with Crippen LogP contribution in [0.25, 0.3) is 0 Å². The van der Waals surface area contributed by atoms with Crippen molar-refractivity contribution >= 4 is 0 Å². The first-order valence-electron chi connectivity index (χ1n) is 6.78. The van der Waals surface area contributed by atoms with Crippen LogP contribution in [0.5, 0.6) is 5.75 Å². The van der Waals surface area contributed by atoms with Crippen molar-refractivity contribution in [3.63, 3.8) is 0 Å². The van der Waals surface area contributed by atoms with Crippen molar-refractivity contribution in [3.05, 3.63) is 29.3 Å². The molecule has 0 bridgehead atoms. The summed E-state index contributed by atoms with van der Waals surface area (Å²) in [4.78, 5) is 0. The predicted molar refractivity (Wildman–Crippen MR) is 73.9 cm³/mol. The Morgan fingerprint density at radius 3 is 2.47 bits per heavy atom. The second-order valence-corrected chi connectivity index (χ2v) is 5.61. The van der Waals surface area contributed by atoms with E-state index in [0.717, 1.165) is 12.0 Å². The van der Waals surface area contributed by atoms with Crippen molar-refractivity contribution in [2.45, 2.75) is 39.0 Å². The molecule has 1 aromatic rings. The second kappa shape index (κ2) is 5.49. The minimum Gasteiger partial charge on any atom is -0.507 e. The average Bonchev–Trinajstić information content (AvgIpc) is 2.76. The molecule has 1 heterocycles. The predicted octanol–water partition coefficient (Wildman–Crippen LogP) is 2.14. The zero-order valence-electron chi connectivity index (χ0n) is 11.8. The molecule has 1 unspecified atom stereocenters. The van der Waals surface area contributed by atoms with Gasteiger partial charge in [0.2, 0.25) is 0 Å². The average molecular weight is 265 g/mol. The molecule has 1 fully saturated rings. The Bertz CT molecular complexity index is 439. The summed E-state index contributed by atoms with van der Waals surface area (Å²) in [7, 11) is 0. The third-order valence-electron chi connectivity index (χ3n) is 3.72. The minimum absolute atomic E-state index is 0.0971. The van der Waals surface area contributed by atoms with Crippen LogP contribution in [0.1, 0.15) is 31.9 Å². The first-order valence-corrected chi connectivity index (χ1v) is 6.78. The molecule has 1 aliphatic rings. The third-order valence-corrected chi connectivity index (χ3v) is 3.72. The molecule has 4 heteroatoms. The summed E-state index contributed by atoms with van der Waals surface area (Å²) in [5, 5.41) is 10.2. The summed E-state index contributed by atoms with van der Waals surface area (Å²) < 4.78 is 11.1. The zero-order valence-corrected chi connectivity index (χ0v) is 11.8. The Hall–Kier alpha value is -1.10. The maximum absolute atomic E-state index is 10.2. The topological polar surface area (TPSA) is 64.7 Å². The minimum atomic E-state index is -0.831. The molecule has 0 radical (unpaired) electrons. The Morgan fingerprint density at radius 2 is 1.95 bits per heavy atom. The fraction of sp³-hybridized carbons (Fsp3) is 0.600. The second-order valence-electron chi connectivity index (χ2n) is 5.61. The van der Waals surface area contributed by atoms with E-state index in [1.807, 2.05) is 19.1 Å². The molecule has 1 aromatic carbocycles. The van der Waals surface area contributed by atoms with Crippen LogP contribution < -0.4 is 5.73 Å². The van der Waals surface area contributed by atoms with E-state index in [0.29, 0.717) is 24.7 Å². The van der Waals surface area contributed by atoms with Crippen LogP contribution in [-0.4, -0.2) is 24.4 Å². The van der Waals surface area contributed by atoms with Crippen LogP contribution in [-0.2, 0) is 21.7 Å². The van der Waals surface area contributed by atoms with Crippen LogP contribution in [0.2, 0.25) is 0 Å². The fourth-order valence-corrected chi connectivity index (χ4v) is 2.27. The van der Waals surface area contributed by atoms with Gasteiger partial charge in [0.1, 0.15) is 5.75 Å². The van der Waals surface area contributed by atoms with Gasteiger partial charge in [-0.05, 0) is 37.0 Å². The SMILES string of the molecule is CC(C)C(N)Cc1ccc(C2(C)OCCO2)c(O)c1. The molecule has 0 spiro atoms. The standard InChI is InChI=1S/C15H23NO3/c1-10(2)13(16)8-11-4-5-12(14(17)9-11)15(3)18-6-7-19-15/h4-5,9-10,13,17H,6-8,16H2,1-3H3. The molecule has 106 valence electrons. The van der Waals surface area contributed by atoms with Gasteiger partial charge in [0.05, 0.1) is 18.8 Å². The Kier molecular flexibility index (Phi) is 4.13. The molecule has 3 N–H and O–H groups in total. The number of phenols is 1. The van der Waals surface area contributed by atoms with E-state index >= 15 is 0 Å². The Labute approximate surface area is 114 Å². The van der Waals surface area contributed by atoms with Crippen LogP contribution in [0, 0.1) is 5.92 Å². The lowest BCUT2D eigenvalue weighted by Gasteiger charge is -2.24. The molecule has 0 amide bonds. The van der Waals surface area contributed by atoms with Gasteiger partial charge in [-0.2, -0.15) is 0 Å². The molecule has 1 saturated heterocycles. The number of ether oxygens (including phenoxy) is 2. The van der Waals surface area contributed by atoms with Gasteiger partial charge in [-0.3, -0.25) is 0 Å². The number of hydrogen-bond donors (Lipinski definition) is 2. The lowest BCUT2D eigenvalue weighted by atomic mass is 9.95. The maximum Gasteiger partial charge on any atom is 0.195 e. The number of hydrogen-bond acceptors (Lipinski definition) is 4. The van der Waals surface area contributed by atoms with Gasteiger partial charge in [0, 0.05) is 6.04 Å². The van der Waals surface area contributed by atoms with Gasteiger partial charge in [0.15, 0.2) is 5.79 Å². The Balaban J connectivity index is 2.17. The first kappa shape index (κ1) is 14.3. The highest BCUT2D eigenvalue weighted by atomic mass is 16.7. The summed E-state index contributed by atoms with van der Waals surface area (Å²) in [6, 6.07) is 5.70. The summed E-state index contributed by atoms with van der Waals surface area (Å²) in [6.45, 7) is 7.13.